The van der Waals surface area contributed by atoms with Crippen molar-refractivity contribution < 1.29 is 27.5 Å². The molecule has 2 aromatic heterocycles. The van der Waals surface area contributed by atoms with E-state index >= 15 is 0 Å². The van der Waals surface area contributed by atoms with Crippen molar-refractivity contribution in [2.45, 2.75) is 26.4 Å². The summed E-state index contributed by atoms with van der Waals surface area (Å²) in [5.74, 6) is -1.97. The van der Waals surface area contributed by atoms with Gasteiger partial charge in [0.2, 0.25) is 0 Å². The summed E-state index contributed by atoms with van der Waals surface area (Å²) >= 11 is 1.15. The zero-order valence-corrected chi connectivity index (χ0v) is 22.0. The molecule has 0 radical (unpaired) electrons. The quantitative estimate of drug-likeness (QED) is 0.314. The number of thiazole rings is 1. The molecule has 0 saturated heterocycles. The zero-order chi connectivity index (χ0) is 28.6. The number of alkyl halides is 2. The Labute approximate surface area is 230 Å². The number of aromatic nitrogens is 2. The first-order valence-electron chi connectivity index (χ1n) is 11.9. The highest BCUT2D eigenvalue weighted by Gasteiger charge is 2.31. The second-order valence-electron chi connectivity index (χ2n) is 8.91. The lowest BCUT2D eigenvalue weighted by molar-refractivity contribution is 0.0744. The van der Waals surface area contributed by atoms with Gasteiger partial charge in [-0.15, -0.1) is 0 Å². The van der Waals surface area contributed by atoms with Gasteiger partial charge in [-0.1, -0.05) is 23.5 Å². The molecule has 0 saturated carbocycles. The Hall–Kier alpha value is -4.76. The Bertz CT molecular complexity index is 1680. The molecule has 0 fully saturated rings. The smallest absolute Gasteiger partial charge is 0.266 e. The molecule has 0 bridgehead atoms. The minimum atomic E-state index is -3.04. The third kappa shape index (κ3) is 4.99. The minimum Gasteiger partial charge on any atom is -0.496 e. The van der Waals surface area contributed by atoms with Gasteiger partial charge in [0.05, 0.1) is 59.1 Å². The molecule has 5 rings (SSSR count). The number of benzene rings is 2. The number of methoxy groups -OCH3 is 1. The molecule has 0 aliphatic carbocycles. The Balaban J connectivity index is 1.36. The molecule has 1 aliphatic heterocycles. The summed E-state index contributed by atoms with van der Waals surface area (Å²) in [4.78, 5) is 36.9. The fourth-order valence-corrected chi connectivity index (χ4v) is 5.39. The first-order valence-corrected chi connectivity index (χ1v) is 12.7. The van der Waals surface area contributed by atoms with Crippen LogP contribution < -0.4 is 10.1 Å². The van der Waals surface area contributed by atoms with Crippen LogP contribution in [0.5, 0.6) is 5.75 Å². The number of aryl methyl sites for hydroxylation is 1. The van der Waals surface area contributed by atoms with E-state index in [-0.39, 0.29) is 23.8 Å². The van der Waals surface area contributed by atoms with E-state index in [0.29, 0.717) is 38.7 Å². The van der Waals surface area contributed by atoms with Crippen molar-refractivity contribution >= 4 is 28.3 Å². The van der Waals surface area contributed by atoms with Gasteiger partial charge in [-0.05, 0) is 37.3 Å². The first kappa shape index (κ1) is 26.8. The Morgan fingerprint density at radius 2 is 1.95 bits per heavy atom. The predicted octanol–water partition coefficient (Wildman–Crippen LogP) is 5.88. The number of ether oxygens (including phenoxy) is 1. The molecule has 2 amide bonds. The summed E-state index contributed by atoms with van der Waals surface area (Å²) in [5, 5.41) is 12.4. The normalized spacial score (nSPS) is 12.3. The topological polar surface area (TPSA) is 108 Å². The molecule has 0 atom stereocenters. The molecule has 2 aromatic carbocycles. The number of amides is 2. The minimum absolute atomic E-state index is 0.0361. The maximum Gasteiger partial charge on any atom is 0.266 e. The number of nitrogens with one attached hydrogen (secondary N) is 1. The van der Waals surface area contributed by atoms with Crippen molar-refractivity contribution in [2.75, 3.05) is 12.4 Å². The van der Waals surface area contributed by atoms with Gasteiger partial charge in [-0.2, -0.15) is 5.26 Å². The molecule has 3 heterocycles. The van der Waals surface area contributed by atoms with Gasteiger partial charge in [0.25, 0.3) is 18.2 Å². The van der Waals surface area contributed by atoms with E-state index in [9.17, 15) is 28.0 Å². The second-order valence-corrected chi connectivity index (χ2v) is 10.00. The fraction of sp³-hybridized carbons (Fsp3) is 0.179. The number of rotatable bonds is 6. The molecule has 1 aliphatic rings. The molecule has 40 heavy (non-hydrogen) atoms. The maximum absolute atomic E-state index is 14.5. The van der Waals surface area contributed by atoms with Crippen LogP contribution in [0.25, 0.3) is 11.1 Å². The van der Waals surface area contributed by atoms with Crippen LogP contribution in [0.4, 0.5) is 18.3 Å². The van der Waals surface area contributed by atoms with E-state index in [1.54, 1.807) is 31.2 Å². The van der Waals surface area contributed by atoms with Crippen molar-refractivity contribution in [3.63, 3.8) is 0 Å². The van der Waals surface area contributed by atoms with Crippen molar-refractivity contribution in [3.05, 3.63) is 93.0 Å². The lowest BCUT2D eigenvalue weighted by atomic mass is 9.97. The van der Waals surface area contributed by atoms with Crippen LogP contribution in [-0.2, 0) is 13.1 Å². The van der Waals surface area contributed by atoms with Crippen LogP contribution in [0.15, 0.2) is 48.7 Å². The Morgan fingerprint density at radius 1 is 1.15 bits per heavy atom. The summed E-state index contributed by atoms with van der Waals surface area (Å²) in [5.41, 5.74) is 1.62. The van der Waals surface area contributed by atoms with Crippen LogP contribution in [-0.4, -0.2) is 33.8 Å². The molecular weight excluding hydrogens is 543 g/mol. The summed E-state index contributed by atoms with van der Waals surface area (Å²) < 4.78 is 46.1. The average molecular weight is 564 g/mol. The molecule has 0 spiro atoms. The highest BCUT2D eigenvalue weighted by molar-refractivity contribution is 7.16. The number of anilines is 1. The van der Waals surface area contributed by atoms with Gasteiger partial charge in [0.15, 0.2) is 5.13 Å². The lowest BCUT2D eigenvalue weighted by Crippen LogP contribution is -2.27. The highest BCUT2D eigenvalue weighted by atomic mass is 32.1. The molecular formula is C28H20F3N5O3S. The number of halogens is 3. The van der Waals surface area contributed by atoms with Crippen LogP contribution in [0, 0.1) is 24.1 Å². The van der Waals surface area contributed by atoms with E-state index in [0.717, 1.165) is 17.4 Å². The summed E-state index contributed by atoms with van der Waals surface area (Å²) in [6.45, 7) is 1.91. The third-order valence-corrected chi connectivity index (χ3v) is 7.36. The van der Waals surface area contributed by atoms with Gasteiger partial charge >= 0.3 is 0 Å². The van der Waals surface area contributed by atoms with Gasteiger partial charge in [0, 0.05) is 23.0 Å². The van der Waals surface area contributed by atoms with Crippen molar-refractivity contribution in [1.29, 1.82) is 5.26 Å². The van der Waals surface area contributed by atoms with Gasteiger partial charge in [-0.25, -0.2) is 18.2 Å². The van der Waals surface area contributed by atoms with Crippen molar-refractivity contribution in [2.24, 2.45) is 0 Å². The van der Waals surface area contributed by atoms with Crippen LogP contribution in [0.2, 0.25) is 0 Å². The summed E-state index contributed by atoms with van der Waals surface area (Å²) in [6.07, 6.45) is -1.61. The molecule has 12 heteroatoms. The van der Waals surface area contributed by atoms with E-state index in [1.165, 1.54) is 30.3 Å². The summed E-state index contributed by atoms with van der Waals surface area (Å²) in [6, 6.07) is 12.0. The number of pyridine rings is 1. The number of fused-ring (bicyclic) bond motifs is 1. The zero-order valence-electron chi connectivity index (χ0n) is 21.2. The van der Waals surface area contributed by atoms with E-state index < -0.39 is 35.2 Å². The number of hydrogen-bond donors (Lipinski definition) is 1. The Kier molecular flexibility index (Phi) is 7.23. The average Bonchev–Trinajstić information content (AvgIpc) is 3.51. The SMILES string of the molecule is COc1ccc(C#N)cc1-c1cc(C)ncc1C(=O)Nc1nc2c(s1)CN(C(=O)c1cccc(C(F)F)c1F)C2. The molecule has 4 aromatic rings. The van der Waals surface area contributed by atoms with Gasteiger partial charge in [-0.3, -0.25) is 19.9 Å². The second kappa shape index (κ2) is 10.8. The monoisotopic (exact) mass is 563 g/mol. The van der Waals surface area contributed by atoms with Crippen LogP contribution in [0.3, 0.4) is 0 Å². The number of carbonyl (C=O) groups is 2. The van der Waals surface area contributed by atoms with Crippen molar-refractivity contribution in [1.82, 2.24) is 14.9 Å². The first-order chi connectivity index (χ1) is 19.2. The van der Waals surface area contributed by atoms with E-state index in [4.69, 9.17) is 4.74 Å². The Morgan fingerprint density at radius 3 is 2.65 bits per heavy atom. The maximum atomic E-state index is 14.5. The number of hydrogen-bond acceptors (Lipinski definition) is 7. The molecule has 1 N–H and O–H groups in total. The number of nitriles is 1. The standard InChI is InChI=1S/C28H20F3N5O3S/c1-14-8-18(19-9-15(10-32)6-7-22(19)39-2)20(11-33-14)26(37)35-28-34-21-12-36(13-23(21)40-28)27(38)17-5-3-4-16(24(17)29)25(30)31/h3-9,11,25H,12-13H2,1-2H3,(H,34,35,37). The van der Waals surface area contributed by atoms with Gasteiger partial charge in [0.1, 0.15) is 11.6 Å². The fourth-order valence-electron chi connectivity index (χ4n) is 4.41. The molecule has 202 valence electrons. The number of nitrogens with zero attached hydrogens (tertiary/aromatic N) is 4. The largest absolute Gasteiger partial charge is 0.496 e. The lowest BCUT2D eigenvalue weighted by Gasteiger charge is -2.17. The van der Waals surface area contributed by atoms with Crippen LogP contribution in [0.1, 0.15) is 54.5 Å². The number of carbonyl (C=O) groups excluding carboxylic acids is 2. The van der Waals surface area contributed by atoms with Gasteiger partial charge < -0.3 is 9.64 Å². The highest BCUT2D eigenvalue weighted by Crippen LogP contribution is 2.36. The third-order valence-electron chi connectivity index (χ3n) is 6.36. The summed E-state index contributed by atoms with van der Waals surface area (Å²) in [7, 11) is 1.49. The predicted molar refractivity (Wildman–Crippen MR) is 141 cm³/mol. The van der Waals surface area contributed by atoms with Crippen LogP contribution >= 0.6 is 11.3 Å². The molecule has 0 unspecified atom stereocenters. The van der Waals surface area contributed by atoms with E-state index in [2.05, 4.69) is 21.4 Å². The van der Waals surface area contributed by atoms with Crippen molar-refractivity contribution in [3.8, 4) is 22.9 Å². The van der Waals surface area contributed by atoms with E-state index in [1.807, 2.05) is 0 Å². The molecule has 8 nitrogen and oxygen atoms in total.